The highest BCUT2D eigenvalue weighted by Gasteiger charge is 2.38. The maximum Gasteiger partial charge on any atom is 0.410 e. The number of ether oxygens (including phenoxy) is 1. The van der Waals surface area contributed by atoms with Crippen LogP contribution < -0.4 is 5.32 Å². The molecule has 1 N–H and O–H groups in total. The molecule has 0 spiro atoms. The zero-order valence-electron chi connectivity index (χ0n) is 12.3. The Kier molecular flexibility index (Phi) is 4.61. The molecule has 1 atom stereocenters. The van der Waals surface area contributed by atoms with E-state index in [1.807, 2.05) is 27.7 Å². The summed E-state index contributed by atoms with van der Waals surface area (Å²) >= 11 is 0. The second-order valence-electron chi connectivity index (χ2n) is 6.21. The van der Waals surface area contributed by atoms with Gasteiger partial charge in [0.1, 0.15) is 5.60 Å². The largest absolute Gasteiger partial charge is 0.444 e. The first-order chi connectivity index (χ1) is 8.68. The van der Waals surface area contributed by atoms with Gasteiger partial charge in [-0.15, -0.1) is 6.58 Å². The SMILES string of the molecule is C=CC[C@]1(C)CN(C(=O)OC(C)(C)C)CCNC1=O. The van der Waals surface area contributed by atoms with Crippen LogP contribution in [0.15, 0.2) is 12.7 Å². The zero-order chi connectivity index (χ0) is 14.7. The molecule has 1 saturated heterocycles. The van der Waals surface area contributed by atoms with Crippen LogP contribution in [0.25, 0.3) is 0 Å². The third-order valence-electron chi connectivity index (χ3n) is 3.00. The van der Waals surface area contributed by atoms with Gasteiger partial charge >= 0.3 is 6.09 Å². The molecule has 5 nitrogen and oxygen atoms in total. The smallest absolute Gasteiger partial charge is 0.410 e. The molecule has 19 heavy (non-hydrogen) atoms. The first-order valence-corrected chi connectivity index (χ1v) is 6.55. The molecule has 1 fully saturated rings. The number of nitrogens with zero attached hydrogens (tertiary/aromatic N) is 1. The highest BCUT2D eigenvalue weighted by molar-refractivity contribution is 5.84. The van der Waals surface area contributed by atoms with Crippen LogP contribution in [0, 0.1) is 5.41 Å². The van der Waals surface area contributed by atoms with Crippen LogP contribution in [0.5, 0.6) is 0 Å². The molecule has 2 amide bonds. The fourth-order valence-corrected chi connectivity index (χ4v) is 2.05. The van der Waals surface area contributed by atoms with Crippen LogP contribution in [0.2, 0.25) is 0 Å². The van der Waals surface area contributed by atoms with Crippen molar-refractivity contribution in [1.82, 2.24) is 10.2 Å². The molecule has 0 aromatic carbocycles. The highest BCUT2D eigenvalue weighted by atomic mass is 16.6. The van der Waals surface area contributed by atoms with Gasteiger partial charge in [0.2, 0.25) is 5.91 Å². The minimum absolute atomic E-state index is 0.0431. The molecule has 0 saturated carbocycles. The Balaban J connectivity index is 2.82. The van der Waals surface area contributed by atoms with E-state index < -0.39 is 11.0 Å². The summed E-state index contributed by atoms with van der Waals surface area (Å²) in [6.45, 7) is 12.3. The molecular formula is C14H24N2O3. The number of rotatable bonds is 2. The summed E-state index contributed by atoms with van der Waals surface area (Å²) in [5.74, 6) is -0.0431. The Morgan fingerprint density at radius 3 is 2.74 bits per heavy atom. The van der Waals surface area contributed by atoms with E-state index in [4.69, 9.17) is 4.74 Å². The van der Waals surface area contributed by atoms with Crippen molar-refractivity contribution in [2.75, 3.05) is 19.6 Å². The van der Waals surface area contributed by atoms with E-state index in [-0.39, 0.29) is 12.0 Å². The molecule has 1 heterocycles. The summed E-state index contributed by atoms with van der Waals surface area (Å²) in [5, 5.41) is 2.83. The van der Waals surface area contributed by atoms with Gasteiger partial charge in [-0.3, -0.25) is 4.79 Å². The third kappa shape index (κ3) is 4.26. The van der Waals surface area contributed by atoms with E-state index in [0.29, 0.717) is 26.1 Å². The molecule has 0 radical (unpaired) electrons. The zero-order valence-corrected chi connectivity index (χ0v) is 12.3. The van der Waals surface area contributed by atoms with Crippen LogP contribution in [0.1, 0.15) is 34.1 Å². The molecule has 0 aromatic heterocycles. The van der Waals surface area contributed by atoms with Crippen LogP contribution in [0.4, 0.5) is 4.79 Å². The van der Waals surface area contributed by atoms with E-state index in [2.05, 4.69) is 11.9 Å². The van der Waals surface area contributed by atoms with Crippen LogP contribution in [0.3, 0.4) is 0 Å². The van der Waals surface area contributed by atoms with Gasteiger partial charge in [0.25, 0.3) is 0 Å². The Labute approximate surface area is 115 Å². The fraction of sp³-hybridized carbons (Fsp3) is 0.714. The number of amides is 2. The fourth-order valence-electron chi connectivity index (χ4n) is 2.05. The molecule has 1 aliphatic heterocycles. The van der Waals surface area contributed by atoms with Crippen molar-refractivity contribution in [3.63, 3.8) is 0 Å². The van der Waals surface area contributed by atoms with Crippen molar-refractivity contribution < 1.29 is 14.3 Å². The van der Waals surface area contributed by atoms with Gasteiger partial charge in [0.15, 0.2) is 0 Å². The Morgan fingerprint density at radius 1 is 1.58 bits per heavy atom. The second kappa shape index (κ2) is 5.63. The molecule has 5 heteroatoms. The van der Waals surface area contributed by atoms with Gasteiger partial charge in [-0.25, -0.2) is 4.79 Å². The average molecular weight is 268 g/mol. The van der Waals surface area contributed by atoms with Crippen molar-refractivity contribution in [2.45, 2.75) is 39.7 Å². The molecule has 1 aliphatic rings. The predicted molar refractivity (Wildman–Crippen MR) is 73.7 cm³/mol. The maximum atomic E-state index is 12.1. The summed E-state index contributed by atoms with van der Waals surface area (Å²) in [6.07, 6.45) is 1.86. The van der Waals surface area contributed by atoms with E-state index in [1.54, 1.807) is 11.0 Å². The quantitative estimate of drug-likeness (QED) is 0.779. The van der Waals surface area contributed by atoms with E-state index in [0.717, 1.165) is 0 Å². The van der Waals surface area contributed by atoms with E-state index in [1.165, 1.54) is 0 Å². The van der Waals surface area contributed by atoms with Crippen LogP contribution in [-0.2, 0) is 9.53 Å². The minimum Gasteiger partial charge on any atom is -0.444 e. The topological polar surface area (TPSA) is 58.6 Å². The number of carbonyl (C=O) groups excluding carboxylic acids is 2. The summed E-state index contributed by atoms with van der Waals surface area (Å²) in [7, 11) is 0. The molecular weight excluding hydrogens is 244 g/mol. The molecule has 0 aromatic rings. The lowest BCUT2D eigenvalue weighted by atomic mass is 9.85. The first-order valence-electron chi connectivity index (χ1n) is 6.55. The monoisotopic (exact) mass is 268 g/mol. The normalized spacial score (nSPS) is 24.4. The van der Waals surface area contributed by atoms with Gasteiger partial charge in [0, 0.05) is 19.6 Å². The summed E-state index contributed by atoms with van der Waals surface area (Å²) < 4.78 is 5.36. The Morgan fingerprint density at radius 2 is 2.21 bits per heavy atom. The van der Waals surface area contributed by atoms with Gasteiger partial charge in [0.05, 0.1) is 5.41 Å². The molecule has 0 aliphatic carbocycles. The molecule has 0 unspecified atom stereocenters. The average Bonchev–Trinajstić information content (AvgIpc) is 2.38. The van der Waals surface area contributed by atoms with Crippen molar-refractivity contribution in [3.05, 3.63) is 12.7 Å². The predicted octanol–water partition coefficient (Wildman–Crippen LogP) is 1.94. The number of nitrogens with one attached hydrogen (secondary N) is 1. The Hall–Kier alpha value is -1.52. The van der Waals surface area contributed by atoms with Crippen molar-refractivity contribution in [3.8, 4) is 0 Å². The van der Waals surface area contributed by atoms with Gasteiger partial charge in [-0.05, 0) is 34.1 Å². The lowest BCUT2D eigenvalue weighted by molar-refractivity contribution is -0.129. The lowest BCUT2D eigenvalue weighted by Gasteiger charge is -2.31. The molecule has 1 rings (SSSR count). The standard InChI is InChI=1S/C14H24N2O3/c1-6-7-14(5)10-16(9-8-15-11(14)17)12(18)19-13(2,3)4/h6H,1,7-10H2,2-5H3,(H,15,17)/t14-/m1/s1. The van der Waals surface area contributed by atoms with Crippen molar-refractivity contribution >= 4 is 12.0 Å². The first kappa shape index (κ1) is 15.5. The summed E-state index contributed by atoms with van der Waals surface area (Å²) in [6, 6.07) is 0. The van der Waals surface area contributed by atoms with Gasteiger partial charge in [-0.1, -0.05) is 6.08 Å². The summed E-state index contributed by atoms with van der Waals surface area (Å²) in [4.78, 5) is 25.7. The van der Waals surface area contributed by atoms with E-state index in [9.17, 15) is 9.59 Å². The molecule has 108 valence electrons. The van der Waals surface area contributed by atoms with Crippen molar-refractivity contribution in [2.24, 2.45) is 5.41 Å². The second-order valence-corrected chi connectivity index (χ2v) is 6.21. The number of carbonyl (C=O) groups is 2. The van der Waals surface area contributed by atoms with Crippen molar-refractivity contribution in [1.29, 1.82) is 0 Å². The molecule has 0 bridgehead atoms. The Bertz CT molecular complexity index is 373. The number of hydrogen-bond acceptors (Lipinski definition) is 3. The third-order valence-corrected chi connectivity index (χ3v) is 3.00. The van der Waals surface area contributed by atoms with Crippen LogP contribution >= 0.6 is 0 Å². The van der Waals surface area contributed by atoms with Crippen LogP contribution in [-0.4, -0.2) is 42.1 Å². The van der Waals surface area contributed by atoms with Gasteiger partial charge in [-0.2, -0.15) is 0 Å². The van der Waals surface area contributed by atoms with E-state index >= 15 is 0 Å². The highest BCUT2D eigenvalue weighted by Crippen LogP contribution is 2.26. The number of hydrogen-bond donors (Lipinski definition) is 1. The van der Waals surface area contributed by atoms with Gasteiger partial charge < -0.3 is 15.0 Å². The number of allylic oxidation sites excluding steroid dienone is 1. The summed E-state index contributed by atoms with van der Waals surface area (Å²) in [5.41, 5.74) is -1.18. The maximum absolute atomic E-state index is 12.1. The lowest BCUT2D eigenvalue weighted by Crippen LogP contribution is -2.44. The minimum atomic E-state index is -0.644.